The van der Waals surface area contributed by atoms with Gasteiger partial charge in [0, 0.05) is 28.4 Å². The lowest BCUT2D eigenvalue weighted by molar-refractivity contribution is -0.136. The zero-order valence-electron chi connectivity index (χ0n) is 10.8. The molecular weight excluding hydrogens is 234 g/mol. The molecule has 0 bridgehead atoms. The Kier molecular flexibility index (Phi) is 5.38. The van der Waals surface area contributed by atoms with E-state index in [1.54, 1.807) is 6.92 Å². The molecule has 94 valence electrons. The molecule has 0 unspecified atom stereocenters. The molecule has 1 aromatic heterocycles. The fourth-order valence-electron chi connectivity index (χ4n) is 1.40. The number of thiophene rings is 1. The monoisotopic (exact) mass is 253 g/mol. The second-order valence-corrected chi connectivity index (χ2v) is 5.30. The summed E-state index contributed by atoms with van der Waals surface area (Å²) in [6.45, 7) is 7.52. The first-order valence-corrected chi connectivity index (χ1v) is 6.38. The number of nitrogens with one attached hydrogen (secondary N) is 1. The molecule has 0 radical (unpaired) electrons. The van der Waals surface area contributed by atoms with Crippen LogP contribution in [0.5, 0.6) is 0 Å². The number of carbonyl (C=O) groups excluding carboxylic acids is 1. The van der Waals surface area contributed by atoms with Crippen molar-refractivity contribution >= 4 is 17.3 Å². The third-order valence-corrected chi connectivity index (χ3v) is 3.73. The van der Waals surface area contributed by atoms with Crippen molar-refractivity contribution in [3.8, 4) is 0 Å². The molecule has 0 aromatic carbocycles. The van der Waals surface area contributed by atoms with E-state index in [4.69, 9.17) is 0 Å². The van der Waals surface area contributed by atoms with E-state index < -0.39 is 0 Å². The molecule has 1 heterocycles. The number of esters is 1. The van der Waals surface area contributed by atoms with Crippen molar-refractivity contribution < 1.29 is 9.53 Å². The number of carbonyl (C=O) groups is 1. The summed E-state index contributed by atoms with van der Waals surface area (Å²) in [7, 11) is 1.39. The maximum absolute atomic E-state index is 11.1. The summed E-state index contributed by atoms with van der Waals surface area (Å²) in [5.41, 5.74) is 1.98. The van der Waals surface area contributed by atoms with Gasteiger partial charge < -0.3 is 10.1 Å². The summed E-state index contributed by atoms with van der Waals surface area (Å²) in [4.78, 5) is 13.8. The molecule has 0 atom stereocenters. The Labute approximate surface area is 106 Å². The van der Waals surface area contributed by atoms with E-state index in [0.29, 0.717) is 12.1 Å². The number of ether oxygens (including phenoxy) is 1. The zero-order chi connectivity index (χ0) is 12.8. The third-order valence-electron chi connectivity index (χ3n) is 2.58. The molecule has 0 spiro atoms. The second-order valence-electron chi connectivity index (χ2n) is 3.96. The first-order chi connectivity index (χ1) is 8.04. The smallest absolute Gasteiger partial charge is 0.333 e. The quantitative estimate of drug-likeness (QED) is 0.498. The van der Waals surface area contributed by atoms with Gasteiger partial charge in [0.25, 0.3) is 0 Å². The molecule has 1 rings (SSSR count). The highest BCUT2D eigenvalue weighted by molar-refractivity contribution is 7.12. The van der Waals surface area contributed by atoms with Gasteiger partial charge >= 0.3 is 5.97 Å². The lowest BCUT2D eigenvalue weighted by atomic mass is 10.3. The summed E-state index contributed by atoms with van der Waals surface area (Å²) in [5.74, 6) is -0.269. The predicted molar refractivity (Wildman–Crippen MR) is 71.3 cm³/mol. The van der Waals surface area contributed by atoms with Crippen molar-refractivity contribution in [3.05, 3.63) is 33.0 Å². The minimum atomic E-state index is -0.269. The zero-order valence-corrected chi connectivity index (χ0v) is 11.6. The Bertz CT molecular complexity index is 402. The summed E-state index contributed by atoms with van der Waals surface area (Å²) in [6.07, 6.45) is 1.85. The summed E-state index contributed by atoms with van der Waals surface area (Å²) >= 11 is 1.81. The molecule has 0 amide bonds. The average molecular weight is 253 g/mol. The molecule has 4 heteroatoms. The average Bonchev–Trinajstić information content (AvgIpc) is 2.63. The highest BCUT2D eigenvalue weighted by Gasteiger charge is 2.02. The SMILES string of the molecule is COC(=O)C(C)=CCNCc1cc(C)c(C)s1. The van der Waals surface area contributed by atoms with Gasteiger partial charge in [-0.2, -0.15) is 0 Å². The number of hydrogen-bond acceptors (Lipinski definition) is 4. The van der Waals surface area contributed by atoms with Crippen LogP contribution in [0.4, 0.5) is 0 Å². The molecule has 0 aliphatic carbocycles. The molecule has 17 heavy (non-hydrogen) atoms. The van der Waals surface area contributed by atoms with Crippen LogP contribution in [-0.4, -0.2) is 19.6 Å². The van der Waals surface area contributed by atoms with Crippen LogP contribution in [0, 0.1) is 13.8 Å². The van der Waals surface area contributed by atoms with E-state index in [0.717, 1.165) is 6.54 Å². The topological polar surface area (TPSA) is 38.3 Å². The second kappa shape index (κ2) is 6.57. The molecule has 0 fully saturated rings. The third kappa shape index (κ3) is 4.32. The van der Waals surface area contributed by atoms with Gasteiger partial charge in [0.15, 0.2) is 0 Å². The lowest BCUT2D eigenvalue weighted by Crippen LogP contribution is -2.13. The molecule has 0 aliphatic rings. The largest absolute Gasteiger partial charge is 0.466 e. The molecular formula is C13H19NO2S. The Balaban J connectivity index is 2.36. The van der Waals surface area contributed by atoms with Crippen molar-refractivity contribution in [3.63, 3.8) is 0 Å². The van der Waals surface area contributed by atoms with Crippen LogP contribution in [0.15, 0.2) is 17.7 Å². The lowest BCUT2D eigenvalue weighted by Gasteiger charge is -2.00. The van der Waals surface area contributed by atoms with Crippen LogP contribution < -0.4 is 5.32 Å². The van der Waals surface area contributed by atoms with E-state index in [1.165, 1.54) is 22.4 Å². The number of hydrogen-bond donors (Lipinski definition) is 1. The van der Waals surface area contributed by atoms with Gasteiger partial charge in [-0.15, -0.1) is 11.3 Å². The molecule has 3 nitrogen and oxygen atoms in total. The highest BCUT2D eigenvalue weighted by atomic mass is 32.1. The van der Waals surface area contributed by atoms with Crippen molar-refractivity contribution in [1.29, 1.82) is 0 Å². The number of rotatable bonds is 5. The molecule has 0 saturated carbocycles. The van der Waals surface area contributed by atoms with Gasteiger partial charge in [-0.05, 0) is 32.4 Å². The Morgan fingerprint density at radius 1 is 1.53 bits per heavy atom. The van der Waals surface area contributed by atoms with Gasteiger partial charge in [0.1, 0.15) is 0 Å². The fraction of sp³-hybridized carbons (Fsp3) is 0.462. The number of aryl methyl sites for hydroxylation is 2. The standard InChI is InChI=1S/C13H19NO2S/c1-9(13(15)16-4)5-6-14-8-12-7-10(2)11(3)17-12/h5,7,14H,6,8H2,1-4H3. The van der Waals surface area contributed by atoms with Crippen molar-refractivity contribution in [1.82, 2.24) is 5.32 Å². The number of methoxy groups -OCH3 is 1. The fourth-order valence-corrected chi connectivity index (χ4v) is 2.42. The first-order valence-electron chi connectivity index (χ1n) is 5.56. The predicted octanol–water partition coefficient (Wildman–Crippen LogP) is 2.57. The first kappa shape index (κ1) is 13.9. The van der Waals surface area contributed by atoms with Crippen LogP contribution in [0.2, 0.25) is 0 Å². The van der Waals surface area contributed by atoms with E-state index >= 15 is 0 Å². The van der Waals surface area contributed by atoms with Crippen LogP contribution >= 0.6 is 11.3 Å². The van der Waals surface area contributed by atoms with E-state index in [1.807, 2.05) is 17.4 Å². The van der Waals surface area contributed by atoms with Crippen molar-refractivity contribution in [2.75, 3.05) is 13.7 Å². The maximum atomic E-state index is 11.1. The van der Waals surface area contributed by atoms with Crippen molar-refractivity contribution in [2.45, 2.75) is 27.3 Å². The van der Waals surface area contributed by atoms with Gasteiger partial charge in [-0.3, -0.25) is 0 Å². The Hall–Kier alpha value is -1.13. The Morgan fingerprint density at radius 2 is 2.24 bits per heavy atom. The maximum Gasteiger partial charge on any atom is 0.333 e. The van der Waals surface area contributed by atoms with Crippen LogP contribution in [-0.2, 0) is 16.1 Å². The van der Waals surface area contributed by atoms with E-state index in [2.05, 4.69) is 30.0 Å². The molecule has 0 saturated heterocycles. The minimum absolute atomic E-state index is 0.269. The summed E-state index contributed by atoms with van der Waals surface area (Å²) < 4.78 is 4.61. The highest BCUT2D eigenvalue weighted by Crippen LogP contribution is 2.20. The summed E-state index contributed by atoms with van der Waals surface area (Å²) in [5, 5.41) is 3.28. The van der Waals surface area contributed by atoms with Crippen molar-refractivity contribution in [2.24, 2.45) is 0 Å². The molecule has 1 aromatic rings. The Morgan fingerprint density at radius 3 is 2.76 bits per heavy atom. The van der Waals surface area contributed by atoms with Crippen LogP contribution in [0.3, 0.4) is 0 Å². The molecule has 0 aliphatic heterocycles. The normalized spacial score (nSPS) is 11.6. The van der Waals surface area contributed by atoms with Crippen LogP contribution in [0.25, 0.3) is 0 Å². The van der Waals surface area contributed by atoms with E-state index in [-0.39, 0.29) is 5.97 Å². The van der Waals surface area contributed by atoms with Gasteiger partial charge in [0.2, 0.25) is 0 Å². The van der Waals surface area contributed by atoms with Gasteiger partial charge in [-0.25, -0.2) is 4.79 Å². The van der Waals surface area contributed by atoms with E-state index in [9.17, 15) is 4.79 Å². The van der Waals surface area contributed by atoms with Crippen LogP contribution in [0.1, 0.15) is 22.2 Å². The molecule has 1 N–H and O–H groups in total. The van der Waals surface area contributed by atoms with Gasteiger partial charge in [0.05, 0.1) is 7.11 Å². The summed E-state index contributed by atoms with van der Waals surface area (Å²) in [6, 6.07) is 2.20. The van der Waals surface area contributed by atoms with Gasteiger partial charge in [-0.1, -0.05) is 6.08 Å². The minimum Gasteiger partial charge on any atom is -0.466 e.